The van der Waals surface area contributed by atoms with E-state index in [4.69, 9.17) is 0 Å². The molecule has 16 heavy (non-hydrogen) atoms. The number of nitrogens with zero attached hydrogens (tertiary/aromatic N) is 3. The third kappa shape index (κ3) is 2.21. The highest BCUT2D eigenvalue weighted by Gasteiger charge is 2.26. The molecule has 2 rings (SSSR count). The van der Waals surface area contributed by atoms with Crippen molar-refractivity contribution in [2.75, 3.05) is 18.0 Å². The van der Waals surface area contributed by atoms with Crippen LogP contribution in [0.5, 0.6) is 0 Å². The van der Waals surface area contributed by atoms with Gasteiger partial charge in [-0.3, -0.25) is 4.79 Å². The molecule has 1 aromatic rings. The summed E-state index contributed by atoms with van der Waals surface area (Å²) < 4.78 is 0. The van der Waals surface area contributed by atoms with Crippen molar-refractivity contribution >= 4 is 12.2 Å². The van der Waals surface area contributed by atoms with Crippen molar-refractivity contribution in [2.24, 2.45) is 11.8 Å². The highest BCUT2D eigenvalue weighted by molar-refractivity contribution is 5.73. The maximum absolute atomic E-state index is 10.5. The summed E-state index contributed by atoms with van der Waals surface area (Å²) in [5, 5.41) is 0. The van der Waals surface area contributed by atoms with Crippen molar-refractivity contribution in [1.82, 2.24) is 9.97 Å². The average Bonchev–Trinajstić information content (AvgIpc) is 2.78. The van der Waals surface area contributed by atoms with E-state index in [2.05, 4.69) is 28.7 Å². The molecule has 0 N–H and O–H groups in total. The van der Waals surface area contributed by atoms with Crippen LogP contribution < -0.4 is 4.90 Å². The first kappa shape index (κ1) is 11.0. The molecular formula is C12H17N3O. The molecule has 1 saturated heterocycles. The van der Waals surface area contributed by atoms with Crippen LogP contribution in [0.25, 0.3) is 0 Å². The van der Waals surface area contributed by atoms with Gasteiger partial charge in [-0.2, -0.15) is 0 Å². The lowest BCUT2D eigenvalue weighted by atomic mass is 9.95. The Morgan fingerprint density at radius 1 is 1.44 bits per heavy atom. The van der Waals surface area contributed by atoms with E-state index in [1.54, 1.807) is 12.4 Å². The van der Waals surface area contributed by atoms with E-state index in [9.17, 15) is 4.79 Å². The van der Waals surface area contributed by atoms with Crippen LogP contribution in [0, 0.1) is 11.8 Å². The zero-order chi connectivity index (χ0) is 11.5. The smallest absolute Gasteiger partial charge is 0.225 e. The standard InChI is InChI=1S/C12H17N3O/c1-9(2)11-3-4-15(7-11)12-13-5-10(8-16)6-14-12/h5-6,8-9,11H,3-4,7H2,1-2H3. The summed E-state index contributed by atoms with van der Waals surface area (Å²) in [4.78, 5) is 21.1. The minimum Gasteiger partial charge on any atom is -0.341 e. The predicted molar refractivity (Wildman–Crippen MR) is 62.6 cm³/mol. The van der Waals surface area contributed by atoms with Gasteiger partial charge in [0.2, 0.25) is 5.95 Å². The Labute approximate surface area is 95.7 Å². The number of carbonyl (C=O) groups is 1. The lowest BCUT2D eigenvalue weighted by Crippen LogP contribution is -2.23. The molecule has 0 aliphatic carbocycles. The lowest BCUT2D eigenvalue weighted by Gasteiger charge is -2.17. The highest BCUT2D eigenvalue weighted by atomic mass is 16.1. The third-order valence-corrected chi connectivity index (χ3v) is 3.24. The molecule has 86 valence electrons. The van der Waals surface area contributed by atoms with Gasteiger partial charge in [0.05, 0.1) is 5.56 Å². The Balaban J connectivity index is 2.05. The van der Waals surface area contributed by atoms with Crippen LogP contribution in [0.2, 0.25) is 0 Å². The van der Waals surface area contributed by atoms with Crippen LogP contribution in [0.4, 0.5) is 5.95 Å². The van der Waals surface area contributed by atoms with Crippen LogP contribution in [-0.4, -0.2) is 29.3 Å². The van der Waals surface area contributed by atoms with Crippen LogP contribution in [0.1, 0.15) is 30.6 Å². The summed E-state index contributed by atoms with van der Waals surface area (Å²) in [7, 11) is 0. The number of hydrogen-bond acceptors (Lipinski definition) is 4. The zero-order valence-corrected chi connectivity index (χ0v) is 9.76. The van der Waals surface area contributed by atoms with Gasteiger partial charge in [0.1, 0.15) is 0 Å². The number of aromatic nitrogens is 2. The molecule has 1 fully saturated rings. The van der Waals surface area contributed by atoms with Gasteiger partial charge in [0, 0.05) is 25.5 Å². The molecular weight excluding hydrogens is 202 g/mol. The number of carbonyl (C=O) groups excluding carboxylic acids is 1. The minimum absolute atomic E-state index is 0.531. The summed E-state index contributed by atoms with van der Waals surface area (Å²) in [5.74, 6) is 2.18. The number of aldehydes is 1. The summed E-state index contributed by atoms with van der Waals surface area (Å²) in [6.07, 6.45) is 5.14. The Bertz CT molecular complexity index is 361. The summed E-state index contributed by atoms with van der Waals surface area (Å²) in [6.45, 7) is 6.55. The molecule has 1 atom stereocenters. The SMILES string of the molecule is CC(C)C1CCN(c2ncc(C=O)cn2)C1. The van der Waals surface area contributed by atoms with Crippen LogP contribution >= 0.6 is 0 Å². The third-order valence-electron chi connectivity index (χ3n) is 3.24. The predicted octanol–water partition coefficient (Wildman–Crippen LogP) is 1.77. The fourth-order valence-electron chi connectivity index (χ4n) is 2.07. The quantitative estimate of drug-likeness (QED) is 0.727. The van der Waals surface area contributed by atoms with Crippen LogP contribution in [0.3, 0.4) is 0 Å². The van der Waals surface area contributed by atoms with E-state index in [0.29, 0.717) is 11.5 Å². The van der Waals surface area contributed by atoms with E-state index < -0.39 is 0 Å². The Morgan fingerprint density at radius 2 is 2.12 bits per heavy atom. The fourth-order valence-corrected chi connectivity index (χ4v) is 2.07. The monoisotopic (exact) mass is 219 g/mol. The Kier molecular flexibility index (Phi) is 3.17. The maximum Gasteiger partial charge on any atom is 0.225 e. The Morgan fingerprint density at radius 3 is 2.62 bits per heavy atom. The number of hydrogen-bond donors (Lipinski definition) is 0. The second-order valence-electron chi connectivity index (χ2n) is 4.67. The van der Waals surface area contributed by atoms with Gasteiger partial charge in [0.25, 0.3) is 0 Å². The van der Waals surface area contributed by atoms with Gasteiger partial charge < -0.3 is 4.90 Å². The molecule has 0 bridgehead atoms. The number of anilines is 1. The largest absolute Gasteiger partial charge is 0.341 e. The van der Waals surface area contributed by atoms with Crippen molar-refractivity contribution < 1.29 is 4.79 Å². The molecule has 4 heteroatoms. The molecule has 1 aromatic heterocycles. The normalized spacial score (nSPS) is 20.4. The second-order valence-corrected chi connectivity index (χ2v) is 4.67. The maximum atomic E-state index is 10.5. The first-order chi connectivity index (χ1) is 7.70. The van der Waals surface area contributed by atoms with Crippen LogP contribution in [0.15, 0.2) is 12.4 Å². The van der Waals surface area contributed by atoms with E-state index in [0.717, 1.165) is 31.2 Å². The van der Waals surface area contributed by atoms with Gasteiger partial charge >= 0.3 is 0 Å². The van der Waals surface area contributed by atoms with Crippen molar-refractivity contribution in [3.8, 4) is 0 Å². The van der Waals surface area contributed by atoms with Crippen molar-refractivity contribution in [3.05, 3.63) is 18.0 Å². The summed E-state index contributed by atoms with van der Waals surface area (Å²) in [5.41, 5.74) is 0.531. The zero-order valence-electron chi connectivity index (χ0n) is 9.76. The fraction of sp³-hybridized carbons (Fsp3) is 0.583. The molecule has 1 unspecified atom stereocenters. The second kappa shape index (κ2) is 4.60. The van der Waals surface area contributed by atoms with Gasteiger partial charge in [-0.05, 0) is 18.3 Å². The lowest BCUT2D eigenvalue weighted by molar-refractivity contribution is 0.112. The van der Waals surface area contributed by atoms with Gasteiger partial charge in [-0.25, -0.2) is 9.97 Å². The molecule has 0 amide bonds. The van der Waals surface area contributed by atoms with E-state index in [1.807, 2.05) is 0 Å². The van der Waals surface area contributed by atoms with Crippen molar-refractivity contribution in [2.45, 2.75) is 20.3 Å². The molecule has 1 aliphatic heterocycles. The van der Waals surface area contributed by atoms with Crippen LogP contribution in [-0.2, 0) is 0 Å². The van der Waals surface area contributed by atoms with Crippen molar-refractivity contribution in [1.29, 1.82) is 0 Å². The van der Waals surface area contributed by atoms with E-state index in [-0.39, 0.29) is 0 Å². The highest BCUT2D eigenvalue weighted by Crippen LogP contribution is 2.25. The first-order valence-electron chi connectivity index (χ1n) is 5.73. The first-order valence-corrected chi connectivity index (χ1v) is 5.73. The summed E-state index contributed by atoms with van der Waals surface area (Å²) >= 11 is 0. The van der Waals surface area contributed by atoms with Gasteiger partial charge in [-0.15, -0.1) is 0 Å². The molecule has 2 heterocycles. The van der Waals surface area contributed by atoms with E-state index in [1.165, 1.54) is 6.42 Å². The average molecular weight is 219 g/mol. The summed E-state index contributed by atoms with van der Waals surface area (Å²) in [6, 6.07) is 0. The molecule has 0 radical (unpaired) electrons. The Hall–Kier alpha value is -1.45. The molecule has 0 spiro atoms. The molecule has 4 nitrogen and oxygen atoms in total. The molecule has 0 aromatic carbocycles. The molecule has 0 saturated carbocycles. The van der Waals surface area contributed by atoms with Gasteiger partial charge in [0.15, 0.2) is 6.29 Å². The minimum atomic E-state index is 0.531. The molecule has 1 aliphatic rings. The van der Waals surface area contributed by atoms with E-state index >= 15 is 0 Å². The number of rotatable bonds is 3. The van der Waals surface area contributed by atoms with Crippen molar-refractivity contribution in [3.63, 3.8) is 0 Å². The topological polar surface area (TPSA) is 46.1 Å². The van der Waals surface area contributed by atoms with Gasteiger partial charge in [-0.1, -0.05) is 13.8 Å².